The molecule has 7 heteroatoms. The van der Waals surface area contributed by atoms with Crippen molar-refractivity contribution in [2.45, 2.75) is 32.1 Å². The number of ether oxygens (including phenoxy) is 4. The monoisotopic (exact) mass is 463 g/mol. The van der Waals surface area contributed by atoms with Crippen molar-refractivity contribution in [3.63, 3.8) is 0 Å². The minimum atomic E-state index is -0.444. The number of methoxy groups -OCH3 is 3. The Bertz CT molecular complexity index is 1170. The lowest BCUT2D eigenvalue weighted by Gasteiger charge is -2.24. The summed E-state index contributed by atoms with van der Waals surface area (Å²) in [6, 6.07) is 13.6. The first-order valence-electron chi connectivity index (χ1n) is 11.2. The Kier molecular flexibility index (Phi) is 6.91. The molecule has 1 aliphatic carbocycles. The summed E-state index contributed by atoms with van der Waals surface area (Å²) in [6.07, 6.45) is 1.54. The van der Waals surface area contributed by atoms with E-state index < -0.39 is 5.97 Å². The van der Waals surface area contributed by atoms with Crippen LogP contribution in [0.15, 0.2) is 42.5 Å². The average Bonchev–Trinajstić information content (AvgIpc) is 3.20. The van der Waals surface area contributed by atoms with Gasteiger partial charge in [-0.25, -0.2) is 4.79 Å². The molecule has 34 heavy (non-hydrogen) atoms. The third-order valence-corrected chi connectivity index (χ3v) is 6.32. The Hall–Kier alpha value is -3.74. The third kappa shape index (κ3) is 4.51. The molecule has 1 unspecified atom stereocenters. The number of fused-ring (bicyclic) bond motifs is 1. The van der Waals surface area contributed by atoms with Gasteiger partial charge in [0.05, 0.1) is 27.9 Å². The highest BCUT2D eigenvalue weighted by Crippen LogP contribution is 2.43. The van der Waals surface area contributed by atoms with E-state index in [0.717, 1.165) is 16.8 Å². The molecule has 0 aliphatic heterocycles. The van der Waals surface area contributed by atoms with Crippen molar-refractivity contribution in [3.05, 3.63) is 76.1 Å². The molecule has 1 heterocycles. The lowest BCUT2D eigenvalue weighted by Crippen LogP contribution is -2.19. The quantitative estimate of drug-likeness (QED) is 0.489. The normalized spacial score (nSPS) is 14.9. The zero-order valence-corrected chi connectivity index (χ0v) is 19.9. The summed E-state index contributed by atoms with van der Waals surface area (Å²) in [4.78, 5) is 29.0. The van der Waals surface area contributed by atoms with E-state index in [1.54, 1.807) is 28.3 Å². The van der Waals surface area contributed by atoms with Crippen molar-refractivity contribution < 1.29 is 28.5 Å². The lowest BCUT2D eigenvalue weighted by atomic mass is 9.81. The Balaban J connectivity index is 1.54. The predicted octanol–water partition coefficient (Wildman–Crippen LogP) is 4.66. The van der Waals surface area contributed by atoms with Crippen LogP contribution >= 0.6 is 0 Å². The molecule has 3 aromatic rings. The van der Waals surface area contributed by atoms with Gasteiger partial charge in [0.25, 0.3) is 0 Å². The van der Waals surface area contributed by atoms with E-state index in [9.17, 15) is 9.59 Å². The van der Waals surface area contributed by atoms with E-state index in [-0.39, 0.29) is 18.3 Å². The van der Waals surface area contributed by atoms with E-state index in [2.05, 4.69) is 4.98 Å². The molecule has 1 aromatic heterocycles. The van der Waals surface area contributed by atoms with Crippen LogP contribution < -0.4 is 14.2 Å². The molecule has 4 rings (SSSR count). The number of aromatic amines is 1. The average molecular weight is 464 g/mol. The minimum Gasteiger partial charge on any atom is -0.493 e. The summed E-state index contributed by atoms with van der Waals surface area (Å²) in [5, 5.41) is 0. The van der Waals surface area contributed by atoms with Crippen LogP contribution in [0.25, 0.3) is 0 Å². The number of carbonyl (C=O) groups is 2. The summed E-state index contributed by atoms with van der Waals surface area (Å²) < 4.78 is 21.8. The predicted molar refractivity (Wildman–Crippen MR) is 127 cm³/mol. The zero-order chi connectivity index (χ0) is 24.2. The Labute approximate surface area is 199 Å². The number of ketones is 1. The second-order valence-electron chi connectivity index (χ2n) is 8.34. The molecule has 178 valence electrons. The summed E-state index contributed by atoms with van der Waals surface area (Å²) in [5.41, 5.74) is 4.35. The standard InChI is InChI=1S/C27H29NO6/c1-16-24-20(28-25(16)27(30)34-11-10-17-8-6-5-7-9-17)12-18(13-21(24)29)19-14-22(31-2)26(33-4)23(15-19)32-3/h5-9,14-15,18,28H,10-13H2,1-4H3. The highest BCUT2D eigenvalue weighted by atomic mass is 16.5. The van der Waals surface area contributed by atoms with Crippen molar-refractivity contribution in [2.24, 2.45) is 0 Å². The first-order chi connectivity index (χ1) is 16.5. The van der Waals surface area contributed by atoms with Gasteiger partial charge in [0.1, 0.15) is 5.69 Å². The van der Waals surface area contributed by atoms with Gasteiger partial charge in [-0.2, -0.15) is 0 Å². The maximum absolute atomic E-state index is 13.1. The Morgan fingerprint density at radius 2 is 1.68 bits per heavy atom. The molecule has 1 N–H and O–H groups in total. The molecule has 0 spiro atoms. The van der Waals surface area contributed by atoms with E-state index in [4.69, 9.17) is 18.9 Å². The molecule has 0 saturated heterocycles. The smallest absolute Gasteiger partial charge is 0.355 e. The van der Waals surface area contributed by atoms with Crippen LogP contribution in [0.2, 0.25) is 0 Å². The number of Topliss-reactive ketones (excluding diaryl/α,β-unsaturated/α-hetero) is 1. The van der Waals surface area contributed by atoms with Crippen LogP contribution in [-0.2, 0) is 17.6 Å². The van der Waals surface area contributed by atoms with Gasteiger partial charge in [-0.15, -0.1) is 0 Å². The second-order valence-corrected chi connectivity index (χ2v) is 8.34. The largest absolute Gasteiger partial charge is 0.493 e. The Morgan fingerprint density at radius 1 is 1.00 bits per heavy atom. The van der Waals surface area contributed by atoms with Crippen LogP contribution in [0.5, 0.6) is 17.2 Å². The van der Waals surface area contributed by atoms with Gasteiger partial charge in [0.2, 0.25) is 5.75 Å². The highest BCUT2D eigenvalue weighted by Gasteiger charge is 2.33. The van der Waals surface area contributed by atoms with Gasteiger partial charge >= 0.3 is 5.97 Å². The van der Waals surface area contributed by atoms with E-state index in [1.165, 1.54) is 0 Å². The molecule has 1 aliphatic rings. The lowest BCUT2D eigenvalue weighted by molar-refractivity contribution is 0.0502. The highest BCUT2D eigenvalue weighted by molar-refractivity contribution is 6.03. The number of benzene rings is 2. The van der Waals surface area contributed by atoms with Crippen LogP contribution in [0.3, 0.4) is 0 Å². The van der Waals surface area contributed by atoms with Crippen molar-refractivity contribution in [1.82, 2.24) is 4.98 Å². The van der Waals surface area contributed by atoms with E-state index >= 15 is 0 Å². The number of rotatable bonds is 8. The maximum atomic E-state index is 13.1. The molecule has 1 atom stereocenters. The van der Waals surface area contributed by atoms with E-state index in [1.807, 2.05) is 42.5 Å². The Morgan fingerprint density at radius 3 is 2.29 bits per heavy atom. The molecule has 7 nitrogen and oxygen atoms in total. The summed E-state index contributed by atoms with van der Waals surface area (Å²) in [7, 11) is 4.68. The number of H-pyrrole nitrogens is 1. The fourth-order valence-electron chi connectivity index (χ4n) is 4.59. The van der Waals surface area contributed by atoms with Crippen LogP contribution in [-0.4, -0.2) is 44.7 Å². The van der Waals surface area contributed by atoms with Gasteiger partial charge in [-0.1, -0.05) is 30.3 Å². The van der Waals surface area contributed by atoms with Crippen molar-refractivity contribution in [2.75, 3.05) is 27.9 Å². The molecular formula is C27H29NO6. The number of aromatic nitrogens is 1. The molecule has 0 saturated carbocycles. The topological polar surface area (TPSA) is 86.9 Å². The number of carbonyl (C=O) groups excluding carboxylic acids is 2. The molecule has 0 radical (unpaired) electrons. The molecule has 0 bridgehead atoms. The molecule has 0 amide bonds. The van der Waals surface area contributed by atoms with Gasteiger partial charge in [0.15, 0.2) is 17.3 Å². The summed E-state index contributed by atoms with van der Waals surface area (Å²) >= 11 is 0. The maximum Gasteiger partial charge on any atom is 0.355 e. The fraction of sp³-hybridized carbons (Fsp3) is 0.333. The van der Waals surface area contributed by atoms with Crippen LogP contribution in [0.1, 0.15) is 55.6 Å². The minimum absolute atomic E-state index is 0.00270. The first kappa shape index (κ1) is 23.4. The second kappa shape index (κ2) is 10.0. The summed E-state index contributed by atoms with van der Waals surface area (Å²) in [6.45, 7) is 2.06. The van der Waals surface area contributed by atoms with Crippen LogP contribution in [0.4, 0.5) is 0 Å². The third-order valence-electron chi connectivity index (χ3n) is 6.32. The first-order valence-corrected chi connectivity index (χ1v) is 11.2. The summed E-state index contributed by atoms with van der Waals surface area (Å²) in [5.74, 6) is 1.06. The SMILES string of the molecule is COc1cc(C2CC(=O)c3c([nH]c(C(=O)OCCc4ccccc4)c3C)C2)cc(OC)c1OC. The number of esters is 1. The van der Waals surface area contributed by atoms with Crippen molar-refractivity contribution in [1.29, 1.82) is 0 Å². The van der Waals surface area contributed by atoms with Crippen molar-refractivity contribution >= 4 is 11.8 Å². The van der Waals surface area contributed by atoms with Gasteiger partial charge in [-0.3, -0.25) is 4.79 Å². The van der Waals surface area contributed by atoms with E-state index in [0.29, 0.717) is 53.3 Å². The van der Waals surface area contributed by atoms with Gasteiger partial charge in [0, 0.05) is 24.1 Å². The fourth-order valence-corrected chi connectivity index (χ4v) is 4.59. The van der Waals surface area contributed by atoms with Gasteiger partial charge in [-0.05, 0) is 48.1 Å². The van der Waals surface area contributed by atoms with Crippen molar-refractivity contribution in [3.8, 4) is 17.2 Å². The molecule has 2 aromatic carbocycles. The number of hydrogen-bond donors (Lipinski definition) is 1. The number of nitrogens with one attached hydrogen (secondary N) is 1. The van der Waals surface area contributed by atoms with Crippen LogP contribution in [0, 0.1) is 6.92 Å². The molecular weight excluding hydrogens is 434 g/mol. The zero-order valence-electron chi connectivity index (χ0n) is 19.9. The molecule has 0 fully saturated rings. The number of hydrogen-bond acceptors (Lipinski definition) is 6. The van der Waals surface area contributed by atoms with Gasteiger partial charge < -0.3 is 23.9 Å².